The van der Waals surface area contributed by atoms with Crippen LogP contribution in [0.15, 0.2) is 0 Å². The van der Waals surface area contributed by atoms with Gasteiger partial charge in [-0.1, -0.05) is 69.2 Å². The number of hydrogen-bond acceptors (Lipinski definition) is 26. The van der Waals surface area contributed by atoms with E-state index in [1.807, 2.05) is 166 Å². The monoisotopic (exact) mass is 1800 g/mol. The average Bonchev–Trinajstić information content (AvgIpc) is 1.23. The fourth-order valence-corrected chi connectivity index (χ4v) is 22.9. The predicted molar refractivity (Wildman–Crippen MR) is 476 cm³/mol. The maximum absolute atomic E-state index is 12.3. The van der Waals surface area contributed by atoms with E-state index in [9.17, 15) is 43.2 Å². The van der Waals surface area contributed by atoms with Crippen molar-refractivity contribution in [3.05, 3.63) is 0 Å². The smallest absolute Gasteiger partial charge is 0.465 e. The molecule has 0 aromatic heterocycles. The highest BCUT2D eigenvalue weighted by Gasteiger charge is 2.66. The Bertz CT molecular complexity index is 3190. The van der Waals surface area contributed by atoms with Gasteiger partial charge < -0.3 is 78.7 Å². The highest BCUT2D eigenvalue weighted by molar-refractivity contribution is 6.61. The zero-order chi connectivity index (χ0) is 93.2. The van der Waals surface area contributed by atoms with Crippen LogP contribution in [-0.4, -0.2) is 185 Å². The molecule has 12 rings (SSSR count). The summed E-state index contributed by atoms with van der Waals surface area (Å²) in [5.41, 5.74) is -2.40. The second-order valence-corrected chi connectivity index (χ2v) is 45.4. The molecule has 28 heteroatoms. The molecule has 124 heavy (non-hydrogen) atoms. The fourth-order valence-electron chi connectivity index (χ4n) is 18.2. The van der Waals surface area contributed by atoms with Gasteiger partial charge in [0.25, 0.3) is 0 Å². The molecular formula is C96H170O26Si2. The maximum Gasteiger partial charge on any atom is 0.540 e. The first-order chi connectivity index (χ1) is 58.2. The van der Waals surface area contributed by atoms with Crippen LogP contribution in [0.1, 0.15) is 354 Å². The second kappa shape index (κ2) is 49.0. The van der Waals surface area contributed by atoms with E-state index in [2.05, 4.69) is 27.7 Å². The highest BCUT2D eigenvalue weighted by Crippen LogP contribution is 2.65. The van der Waals surface area contributed by atoms with Gasteiger partial charge in [-0.05, 0) is 296 Å². The molecule has 0 N–H and O–H groups in total. The molecule has 0 spiro atoms. The number of rotatable bonds is 39. The predicted octanol–water partition coefficient (Wildman–Crippen LogP) is 19.3. The molecule has 8 bridgehead atoms. The van der Waals surface area contributed by atoms with Gasteiger partial charge >= 0.3 is 71.3 Å². The van der Waals surface area contributed by atoms with Crippen molar-refractivity contribution < 1.29 is 122 Å². The first-order valence-corrected chi connectivity index (χ1v) is 52.0. The molecule has 0 aromatic rings. The van der Waals surface area contributed by atoms with Gasteiger partial charge in [0.1, 0.15) is 29.5 Å². The van der Waals surface area contributed by atoms with Gasteiger partial charge in [-0.25, -0.2) is 0 Å². The molecule has 0 radical (unpaired) electrons. The van der Waals surface area contributed by atoms with Crippen molar-refractivity contribution in [3.63, 3.8) is 0 Å². The molecule has 5 aliphatic heterocycles. The quantitative estimate of drug-likeness (QED) is 0.0239. The van der Waals surface area contributed by atoms with Crippen molar-refractivity contribution in [1.29, 1.82) is 0 Å². The highest BCUT2D eigenvalue weighted by atomic mass is 28.4. The Morgan fingerprint density at radius 1 is 0.460 bits per heavy atom. The Hall–Kier alpha value is -4.66. The van der Waals surface area contributed by atoms with Gasteiger partial charge in [0.05, 0.1) is 70.1 Å². The van der Waals surface area contributed by atoms with Crippen LogP contribution >= 0.6 is 0 Å². The van der Waals surface area contributed by atoms with Gasteiger partial charge in [0.2, 0.25) is 6.29 Å². The minimum absolute atomic E-state index is 0.00347. The lowest BCUT2D eigenvalue weighted by atomic mass is 9.46. The standard InChI is InChI=1S/C18H30O2.C15H32O5Si.C14H20O4.C13H28O5Si.C13H18O5.C12H22O2.C11H20O3/c1-5-12(2)16(19)20-17(3,4)18-9-13-6-14(10-18)8-15(7-13)11-18;1-7-15(5,6)14(16)17-12-11-13-21(18-8-2,19-9-3)20-10-4;1-4-14(2,3)13(16)18-10-7-5-8-9(6-7)12(15)17-11(8)10;1-7-13(5,6)12(14)15-11-19(16-8-2,17-9-3)18-10-4;1-4-13(2,3)12(15)18-9-7-5-6-8(16-7)10(9)17-11(6)14;1-4-10(3)11(13)14-12(5-2)8-6-7-9-12;1-4-11(2,3)10(12)14-9-7-5-6-8-13-9/h12-15H,5-11H2,1-4H3;7-13H2,1-6H3;7-11H,4-6H2,1-3H3;7-11H2,1-6H3;6-10H,4-5H2,1-3H3;10H,4-9H2,1-3H3;9H,4-8H2,1-3H3. The molecule has 13 unspecified atom stereocenters. The van der Waals surface area contributed by atoms with Gasteiger partial charge in [-0.15, -0.1) is 0 Å². The van der Waals surface area contributed by atoms with Crippen molar-refractivity contribution >= 4 is 71.3 Å². The first-order valence-electron chi connectivity index (χ1n) is 48.1. The summed E-state index contributed by atoms with van der Waals surface area (Å²) < 4.78 is 94.7. The van der Waals surface area contributed by atoms with Crippen LogP contribution < -0.4 is 0 Å². The average molecular weight is 1800 g/mol. The van der Waals surface area contributed by atoms with Gasteiger partial charge in [-0.2, -0.15) is 0 Å². The van der Waals surface area contributed by atoms with Crippen LogP contribution in [0.5, 0.6) is 0 Å². The van der Waals surface area contributed by atoms with E-state index in [1.165, 1.54) is 51.4 Å². The lowest BCUT2D eigenvalue weighted by molar-refractivity contribution is -0.202. The van der Waals surface area contributed by atoms with E-state index in [-0.39, 0.29) is 136 Å². The summed E-state index contributed by atoms with van der Waals surface area (Å²) in [5, 5.41) is 0. The number of hydrogen-bond donors (Lipinski definition) is 0. The summed E-state index contributed by atoms with van der Waals surface area (Å²) in [5.74, 6) is 2.12. The largest absolute Gasteiger partial charge is 0.540 e. The molecule has 7 aliphatic carbocycles. The van der Waals surface area contributed by atoms with Crippen molar-refractivity contribution in [1.82, 2.24) is 0 Å². The SMILES string of the molecule is CCC(C)(C)C(=O)OC1C2CC3C(=O)OC1C3C2.CCC(C)(C)C(=O)OC1C2CC3C(=O)OC1C3O2.CCC(C)(C)C(=O)OC1CCCCO1.CCC(C)C(=O)OC(C)(C)C12CC3CC(CC(C3)C1)C2.CCC(C)C(=O)OC1(CC)CCCC1.CCO[Si](CCCOC(=O)C(C)(C)CC)(OCC)OCC.CCO[Si](COC(=O)C(C)(C)CC)(OCC)OCC. The molecule has 26 nitrogen and oxygen atoms in total. The fraction of sp³-hybridized carbons (Fsp3) is 0.906. The van der Waals surface area contributed by atoms with Crippen molar-refractivity contribution in [2.45, 2.75) is 415 Å². The Morgan fingerprint density at radius 2 is 0.887 bits per heavy atom. The number of carbonyl (C=O) groups is 9. The number of carbonyl (C=O) groups excluding carboxylic acids is 9. The Labute approximate surface area is 748 Å². The van der Waals surface area contributed by atoms with Crippen LogP contribution in [0.3, 0.4) is 0 Å². The Balaban J connectivity index is 0.000000258. The van der Waals surface area contributed by atoms with Crippen LogP contribution in [0.4, 0.5) is 0 Å². The van der Waals surface area contributed by atoms with Crippen LogP contribution in [0.2, 0.25) is 6.04 Å². The minimum atomic E-state index is -2.89. The van der Waals surface area contributed by atoms with Crippen LogP contribution in [-0.2, 0) is 122 Å². The lowest BCUT2D eigenvalue weighted by Gasteiger charge is -2.61. The third-order valence-electron chi connectivity index (χ3n) is 28.8. The lowest BCUT2D eigenvalue weighted by Crippen LogP contribution is -2.57. The molecule has 13 atom stereocenters. The van der Waals surface area contributed by atoms with Crippen molar-refractivity contribution in [2.24, 2.45) is 85.8 Å². The third-order valence-corrected chi connectivity index (χ3v) is 34.7. The van der Waals surface area contributed by atoms with E-state index in [4.69, 9.17) is 78.7 Å². The molecular weight excluding hydrogens is 1630 g/mol. The third kappa shape index (κ3) is 29.4. The molecule has 0 amide bonds. The molecule has 0 aromatic carbocycles. The molecule has 12 fully saturated rings. The topological polar surface area (TPSA) is 311 Å². The maximum atomic E-state index is 12.3. The number of esters is 9. The Morgan fingerprint density at radius 3 is 1.33 bits per heavy atom. The molecule has 7 saturated carbocycles. The second-order valence-electron chi connectivity index (χ2n) is 40.1. The van der Waals surface area contributed by atoms with Crippen molar-refractivity contribution in [3.8, 4) is 0 Å². The zero-order valence-electron chi connectivity index (χ0n) is 82.1. The molecule has 5 saturated heterocycles. The molecule has 12 aliphatic rings. The van der Waals surface area contributed by atoms with Gasteiger partial charge in [0.15, 0.2) is 18.4 Å². The first kappa shape index (κ1) is 110. The normalized spacial score (nSPS) is 27.6. The summed E-state index contributed by atoms with van der Waals surface area (Å²) in [6.07, 6.45) is 23.5. The van der Waals surface area contributed by atoms with Gasteiger partial charge in [-0.3, -0.25) is 43.2 Å². The van der Waals surface area contributed by atoms with E-state index < -0.39 is 51.5 Å². The molecule has 5 heterocycles. The van der Waals surface area contributed by atoms with E-state index in [1.54, 1.807) is 0 Å². The summed E-state index contributed by atoms with van der Waals surface area (Å²) in [4.78, 5) is 107. The van der Waals surface area contributed by atoms with Crippen molar-refractivity contribution in [2.75, 3.05) is 59.1 Å². The van der Waals surface area contributed by atoms with Crippen LogP contribution in [0, 0.1) is 85.8 Å². The minimum Gasteiger partial charge on any atom is -0.465 e. The summed E-state index contributed by atoms with van der Waals surface area (Å²) >= 11 is 0. The van der Waals surface area contributed by atoms with Gasteiger partial charge in [0, 0.05) is 69.4 Å². The summed E-state index contributed by atoms with van der Waals surface area (Å²) in [6, 6.07) is 0.669. The summed E-state index contributed by atoms with van der Waals surface area (Å²) in [6.45, 7) is 58.8. The molecule has 718 valence electrons. The van der Waals surface area contributed by atoms with E-state index >= 15 is 0 Å². The zero-order valence-corrected chi connectivity index (χ0v) is 84.1. The number of fused-ring (bicyclic) bond motifs is 2. The Kier molecular flexibility index (Phi) is 43.4. The number of ether oxygens (including phenoxy) is 11. The summed E-state index contributed by atoms with van der Waals surface area (Å²) in [7, 11) is -5.51. The van der Waals surface area contributed by atoms with E-state index in [0.29, 0.717) is 90.0 Å². The van der Waals surface area contributed by atoms with Crippen LogP contribution in [0.25, 0.3) is 0 Å². The van der Waals surface area contributed by atoms with E-state index in [0.717, 1.165) is 108 Å².